The molecule has 5 nitrogen and oxygen atoms in total. The predicted octanol–water partition coefficient (Wildman–Crippen LogP) is 4.13. The Hall–Kier alpha value is -2.05. The number of hydrogen-bond acceptors (Lipinski definition) is 4. The molecule has 3 rings (SSSR count). The second kappa shape index (κ2) is 9.24. The molecule has 1 fully saturated rings. The van der Waals surface area contributed by atoms with Gasteiger partial charge in [0.15, 0.2) is 6.10 Å². The first-order valence-corrected chi connectivity index (χ1v) is 9.91. The highest BCUT2D eigenvalue weighted by molar-refractivity contribution is 9.10. The number of nitrogens with zero attached hydrogens (tertiary/aromatic N) is 1. The third kappa shape index (κ3) is 5.47. The molecule has 1 heterocycles. The van der Waals surface area contributed by atoms with Crippen LogP contribution in [0.5, 0.6) is 11.5 Å². The fraction of sp³-hybridized carbons (Fsp3) is 0.381. The van der Waals surface area contributed by atoms with Gasteiger partial charge >= 0.3 is 0 Å². The number of phenolic OH excluding ortho intramolecular Hbond substituents is 1. The highest BCUT2D eigenvalue weighted by atomic mass is 79.9. The molecule has 6 heteroatoms. The van der Waals surface area contributed by atoms with Crippen LogP contribution in [0.25, 0.3) is 0 Å². The minimum Gasteiger partial charge on any atom is -0.508 e. The molecular formula is C21H24BrNO4. The maximum absolute atomic E-state index is 13.1. The van der Waals surface area contributed by atoms with E-state index < -0.39 is 6.10 Å². The summed E-state index contributed by atoms with van der Waals surface area (Å²) in [5, 5.41) is 10.1. The number of halogens is 1. The van der Waals surface area contributed by atoms with Gasteiger partial charge in [0.25, 0.3) is 5.91 Å². The number of phenols is 1. The van der Waals surface area contributed by atoms with Crippen LogP contribution in [0, 0.1) is 0 Å². The second-order valence-corrected chi connectivity index (χ2v) is 7.61. The Balaban J connectivity index is 1.72. The molecule has 1 N–H and O–H groups in total. The molecule has 0 aliphatic carbocycles. The van der Waals surface area contributed by atoms with Crippen molar-refractivity contribution in [2.45, 2.75) is 38.5 Å². The largest absolute Gasteiger partial charge is 0.508 e. The smallest absolute Gasteiger partial charge is 0.263 e. The van der Waals surface area contributed by atoms with Gasteiger partial charge in [-0.05, 0) is 50.1 Å². The van der Waals surface area contributed by atoms with E-state index in [-0.39, 0.29) is 17.8 Å². The van der Waals surface area contributed by atoms with Gasteiger partial charge in [0.05, 0.1) is 6.10 Å². The minimum atomic E-state index is -0.640. The second-order valence-electron chi connectivity index (χ2n) is 6.70. The number of rotatable bonds is 7. The molecule has 0 aromatic heterocycles. The Morgan fingerprint density at radius 2 is 2.04 bits per heavy atom. The van der Waals surface area contributed by atoms with E-state index in [0.29, 0.717) is 24.4 Å². The van der Waals surface area contributed by atoms with Crippen LogP contribution in [-0.2, 0) is 16.1 Å². The standard InChI is InChI=1S/C21H24BrNO4/c1-15(27-18-10-8-17(22)9-11-18)21(25)23(14-19-6-4-12-26-19)13-16-5-2-3-7-20(16)24/h2-3,5,7-11,15,19,24H,4,6,12-14H2,1H3. The molecular weight excluding hydrogens is 410 g/mol. The highest BCUT2D eigenvalue weighted by Gasteiger charge is 2.27. The zero-order valence-electron chi connectivity index (χ0n) is 15.3. The molecule has 1 amide bonds. The van der Waals surface area contributed by atoms with Gasteiger partial charge < -0.3 is 19.5 Å². The third-order valence-electron chi connectivity index (χ3n) is 4.59. The van der Waals surface area contributed by atoms with E-state index in [2.05, 4.69) is 15.9 Å². The zero-order chi connectivity index (χ0) is 19.2. The van der Waals surface area contributed by atoms with Crippen LogP contribution in [0.3, 0.4) is 0 Å². The van der Waals surface area contributed by atoms with E-state index in [1.54, 1.807) is 24.0 Å². The molecule has 144 valence electrons. The summed E-state index contributed by atoms with van der Waals surface area (Å²) in [5.74, 6) is 0.694. The normalized spacial score (nSPS) is 17.5. The summed E-state index contributed by atoms with van der Waals surface area (Å²) in [6.45, 7) is 3.28. The first-order chi connectivity index (χ1) is 13.0. The predicted molar refractivity (Wildman–Crippen MR) is 107 cm³/mol. The number of hydrogen-bond donors (Lipinski definition) is 1. The molecule has 1 saturated heterocycles. The van der Waals surface area contributed by atoms with E-state index >= 15 is 0 Å². The van der Waals surface area contributed by atoms with Gasteiger partial charge in [-0.1, -0.05) is 34.1 Å². The fourth-order valence-electron chi connectivity index (χ4n) is 3.14. The van der Waals surface area contributed by atoms with Crippen molar-refractivity contribution >= 4 is 21.8 Å². The molecule has 0 saturated carbocycles. The van der Waals surface area contributed by atoms with Gasteiger partial charge in [-0.2, -0.15) is 0 Å². The lowest BCUT2D eigenvalue weighted by atomic mass is 10.1. The van der Waals surface area contributed by atoms with E-state index in [1.807, 2.05) is 36.4 Å². The summed E-state index contributed by atoms with van der Waals surface area (Å²) in [7, 11) is 0. The van der Waals surface area contributed by atoms with Gasteiger partial charge in [-0.15, -0.1) is 0 Å². The Morgan fingerprint density at radius 3 is 2.70 bits per heavy atom. The molecule has 2 aromatic carbocycles. The number of carbonyl (C=O) groups is 1. The van der Waals surface area contributed by atoms with Gasteiger partial charge in [-0.25, -0.2) is 0 Å². The molecule has 2 unspecified atom stereocenters. The number of aromatic hydroxyl groups is 1. The number of amides is 1. The topological polar surface area (TPSA) is 59.0 Å². The molecule has 2 atom stereocenters. The monoisotopic (exact) mass is 433 g/mol. The van der Waals surface area contributed by atoms with Crippen LogP contribution in [0.1, 0.15) is 25.3 Å². The molecule has 0 bridgehead atoms. The molecule has 0 spiro atoms. The third-order valence-corrected chi connectivity index (χ3v) is 5.12. The van der Waals surface area contributed by atoms with E-state index in [9.17, 15) is 9.90 Å². The van der Waals surface area contributed by atoms with Crippen LogP contribution >= 0.6 is 15.9 Å². The van der Waals surface area contributed by atoms with Crippen LogP contribution in [0.2, 0.25) is 0 Å². The number of carbonyl (C=O) groups excluding carboxylic acids is 1. The average Bonchev–Trinajstić information content (AvgIpc) is 3.17. The van der Waals surface area contributed by atoms with Crippen molar-refractivity contribution < 1.29 is 19.4 Å². The highest BCUT2D eigenvalue weighted by Crippen LogP contribution is 2.22. The Morgan fingerprint density at radius 1 is 1.30 bits per heavy atom. The Labute approximate surface area is 168 Å². The molecule has 1 aliphatic heterocycles. The Kier molecular flexibility index (Phi) is 6.74. The Bertz CT molecular complexity index is 759. The van der Waals surface area contributed by atoms with E-state index in [4.69, 9.17) is 9.47 Å². The zero-order valence-corrected chi connectivity index (χ0v) is 16.9. The number of ether oxygens (including phenoxy) is 2. The molecule has 2 aromatic rings. The van der Waals surface area contributed by atoms with E-state index in [0.717, 1.165) is 23.9 Å². The lowest BCUT2D eigenvalue weighted by molar-refractivity contribution is -0.140. The summed E-state index contributed by atoms with van der Waals surface area (Å²) >= 11 is 3.39. The van der Waals surface area contributed by atoms with Crippen molar-refractivity contribution in [3.05, 3.63) is 58.6 Å². The summed E-state index contributed by atoms with van der Waals surface area (Å²) in [5.41, 5.74) is 0.708. The fourth-order valence-corrected chi connectivity index (χ4v) is 3.41. The maximum atomic E-state index is 13.1. The van der Waals surface area contributed by atoms with Gasteiger partial charge in [0.1, 0.15) is 11.5 Å². The number of benzene rings is 2. The van der Waals surface area contributed by atoms with Crippen LogP contribution < -0.4 is 4.74 Å². The van der Waals surface area contributed by atoms with Gasteiger partial charge in [0.2, 0.25) is 0 Å². The maximum Gasteiger partial charge on any atom is 0.263 e. The quantitative estimate of drug-likeness (QED) is 0.712. The van der Waals surface area contributed by atoms with Crippen LogP contribution in [0.4, 0.5) is 0 Å². The first kappa shape index (κ1) is 19.7. The number of para-hydroxylation sites is 1. The van der Waals surface area contributed by atoms with Gasteiger partial charge in [0, 0.05) is 29.7 Å². The van der Waals surface area contributed by atoms with Crippen molar-refractivity contribution in [2.75, 3.05) is 13.2 Å². The summed E-state index contributed by atoms with van der Waals surface area (Å²) in [6.07, 6.45) is 1.33. The summed E-state index contributed by atoms with van der Waals surface area (Å²) < 4.78 is 12.5. The SMILES string of the molecule is CC(Oc1ccc(Br)cc1)C(=O)N(Cc1ccccc1O)CC1CCCO1. The first-order valence-electron chi connectivity index (χ1n) is 9.12. The lowest BCUT2D eigenvalue weighted by Crippen LogP contribution is -2.43. The summed E-state index contributed by atoms with van der Waals surface area (Å²) in [6, 6.07) is 14.5. The van der Waals surface area contributed by atoms with Gasteiger partial charge in [-0.3, -0.25) is 4.79 Å². The van der Waals surface area contributed by atoms with E-state index in [1.165, 1.54) is 0 Å². The minimum absolute atomic E-state index is 0.0275. The van der Waals surface area contributed by atoms with Crippen molar-refractivity contribution in [3.63, 3.8) is 0 Å². The molecule has 27 heavy (non-hydrogen) atoms. The summed E-state index contributed by atoms with van der Waals surface area (Å²) in [4.78, 5) is 14.8. The molecule has 1 aliphatic rings. The van der Waals surface area contributed by atoms with Crippen LogP contribution in [-0.4, -0.2) is 41.3 Å². The average molecular weight is 434 g/mol. The van der Waals surface area contributed by atoms with Crippen molar-refractivity contribution in [2.24, 2.45) is 0 Å². The molecule has 0 radical (unpaired) electrons. The van der Waals surface area contributed by atoms with Crippen molar-refractivity contribution in [3.8, 4) is 11.5 Å². The van der Waals surface area contributed by atoms with Crippen LogP contribution in [0.15, 0.2) is 53.0 Å². The lowest BCUT2D eigenvalue weighted by Gasteiger charge is -2.28. The van der Waals surface area contributed by atoms with Crippen molar-refractivity contribution in [1.82, 2.24) is 4.90 Å². The van der Waals surface area contributed by atoms with Crippen molar-refractivity contribution in [1.29, 1.82) is 0 Å².